The number of likely N-dealkylation sites (tertiary alicyclic amines) is 1. The fourth-order valence-corrected chi connectivity index (χ4v) is 3.96. The quantitative estimate of drug-likeness (QED) is 0.465. The number of ether oxygens (including phenoxy) is 2. The number of carbonyl (C=O) groups is 2. The number of nitrogens with zero attached hydrogens (tertiary/aromatic N) is 3. The molecule has 0 unspecified atom stereocenters. The van der Waals surface area contributed by atoms with Crippen molar-refractivity contribution in [3.63, 3.8) is 0 Å². The topological polar surface area (TPSA) is 95.5 Å². The van der Waals surface area contributed by atoms with Crippen LogP contribution in [0.4, 0.5) is 4.79 Å². The van der Waals surface area contributed by atoms with E-state index in [0.29, 0.717) is 37.8 Å². The molecule has 2 aliphatic rings. The third-order valence-electron chi connectivity index (χ3n) is 5.71. The molecule has 0 bridgehead atoms. The molecule has 2 rings (SSSR count). The first-order valence-corrected chi connectivity index (χ1v) is 11.6. The Morgan fingerprint density at radius 2 is 1.61 bits per heavy atom. The minimum Gasteiger partial charge on any atom is -0.450 e. The normalized spacial score (nSPS) is 22.9. The number of guanidine groups is 1. The van der Waals surface area contributed by atoms with Gasteiger partial charge in [-0.2, -0.15) is 0 Å². The molecular formula is C22H41N5O4. The maximum atomic E-state index is 12.0. The lowest BCUT2D eigenvalue weighted by atomic mass is 9.93. The van der Waals surface area contributed by atoms with Gasteiger partial charge in [-0.25, -0.2) is 9.79 Å². The zero-order chi connectivity index (χ0) is 22.8. The van der Waals surface area contributed by atoms with Gasteiger partial charge in [0.2, 0.25) is 5.91 Å². The Labute approximate surface area is 186 Å². The van der Waals surface area contributed by atoms with Gasteiger partial charge in [0.05, 0.1) is 18.8 Å². The van der Waals surface area contributed by atoms with Gasteiger partial charge in [0.1, 0.15) is 6.54 Å². The van der Waals surface area contributed by atoms with Crippen LogP contribution in [-0.4, -0.2) is 92.4 Å². The number of piperidine rings is 1. The molecule has 2 fully saturated rings. The highest BCUT2D eigenvalue weighted by Crippen LogP contribution is 2.22. The Kier molecular flexibility index (Phi) is 10.4. The van der Waals surface area contributed by atoms with Gasteiger partial charge < -0.3 is 29.9 Å². The molecule has 0 aromatic rings. The lowest BCUT2D eigenvalue weighted by Gasteiger charge is -2.34. The fourth-order valence-electron chi connectivity index (χ4n) is 3.96. The van der Waals surface area contributed by atoms with Gasteiger partial charge in [-0.05, 0) is 59.3 Å². The van der Waals surface area contributed by atoms with E-state index in [-0.39, 0.29) is 30.7 Å². The SMILES string of the molecule is CCOC(=O)N1CCC(NC(=NCC(=O)N(C)C)NC2CCC(OC(C)C)CC2)CC1. The summed E-state index contributed by atoms with van der Waals surface area (Å²) in [6, 6.07) is 0.513. The van der Waals surface area contributed by atoms with Crippen LogP contribution in [0.1, 0.15) is 59.3 Å². The summed E-state index contributed by atoms with van der Waals surface area (Å²) in [6.07, 6.45) is 6.05. The van der Waals surface area contributed by atoms with Gasteiger partial charge in [0, 0.05) is 39.3 Å². The second kappa shape index (κ2) is 12.7. The Hall–Kier alpha value is -2.03. The Balaban J connectivity index is 1.90. The monoisotopic (exact) mass is 439 g/mol. The second-order valence-corrected chi connectivity index (χ2v) is 8.86. The number of amides is 2. The molecule has 0 atom stereocenters. The summed E-state index contributed by atoms with van der Waals surface area (Å²) in [4.78, 5) is 31.8. The van der Waals surface area contributed by atoms with Crippen LogP contribution in [0.2, 0.25) is 0 Å². The first kappa shape index (κ1) is 25.2. The van der Waals surface area contributed by atoms with Crippen molar-refractivity contribution in [1.82, 2.24) is 20.4 Å². The number of hydrogen-bond acceptors (Lipinski definition) is 5. The first-order chi connectivity index (χ1) is 14.8. The van der Waals surface area contributed by atoms with Crippen molar-refractivity contribution in [3.8, 4) is 0 Å². The average Bonchev–Trinajstić information content (AvgIpc) is 2.73. The molecule has 0 spiro atoms. The number of aliphatic imine (C=N–C) groups is 1. The summed E-state index contributed by atoms with van der Waals surface area (Å²) in [5.41, 5.74) is 0. The van der Waals surface area contributed by atoms with Crippen LogP contribution in [0.3, 0.4) is 0 Å². The smallest absolute Gasteiger partial charge is 0.409 e. The van der Waals surface area contributed by atoms with Crippen molar-refractivity contribution in [2.45, 2.75) is 83.6 Å². The Bertz CT molecular complexity index is 595. The summed E-state index contributed by atoms with van der Waals surface area (Å²) in [6.45, 7) is 7.77. The predicted octanol–water partition coefficient (Wildman–Crippen LogP) is 1.97. The maximum Gasteiger partial charge on any atom is 0.409 e. The minimum atomic E-state index is -0.245. The van der Waals surface area contributed by atoms with E-state index in [4.69, 9.17) is 9.47 Å². The van der Waals surface area contributed by atoms with Crippen LogP contribution in [0, 0.1) is 0 Å². The number of carbonyl (C=O) groups excluding carboxylic acids is 2. The molecule has 0 radical (unpaired) electrons. The molecule has 2 amide bonds. The third kappa shape index (κ3) is 8.93. The molecule has 1 aliphatic carbocycles. The van der Waals surface area contributed by atoms with E-state index < -0.39 is 0 Å². The van der Waals surface area contributed by atoms with E-state index in [2.05, 4.69) is 29.5 Å². The van der Waals surface area contributed by atoms with Crippen LogP contribution in [0.25, 0.3) is 0 Å². The molecule has 1 saturated heterocycles. The Morgan fingerprint density at radius 1 is 1.03 bits per heavy atom. The van der Waals surface area contributed by atoms with Gasteiger partial charge >= 0.3 is 6.09 Å². The van der Waals surface area contributed by atoms with Crippen LogP contribution < -0.4 is 10.6 Å². The highest BCUT2D eigenvalue weighted by molar-refractivity contribution is 5.85. The zero-order valence-corrected chi connectivity index (χ0v) is 19.9. The summed E-state index contributed by atoms with van der Waals surface area (Å²) in [5, 5.41) is 7.02. The molecule has 178 valence electrons. The van der Waals surface area contributed by atoms with Crippen molar-refractivity contribution in [2.24, 2.45) is 4.99 Å². The molecular weight excluding hydrogens is 398 g/mol. The number of rotatable bonds is 7. The van der Waals surface area contributed by atoms with Crippen molar-refractivity contribution in [2.75, 3.05) is 40.3 Å². The van der Waals surface area contributed by atoms with Crippen LogP contribution in [0.5, 0.6) is 0 Å². The molecule has 1 aliphatic heterocycles. The largest absolute Gasteiger partial charge is 0.450 e. The average molecular weight is 440 g/mol. The second-order valence-electron chi connectivity index (χ2n) is 8.86. The number of nitrogens with one attached hydrogen (secondary N) is 2. The summed E-state index contributed by atoms with van der Waals surface area (Å²) in [7, 11) is 3.47. The van der Waals surface area contributed by atoms with Crippen molar-refractivity contribution >= 4 is 18.0 Å². The van der Waals surface area contributed by atoms with Gasteiger partial charge in [-0.1, -0.05) is 0 Å². The van der Waals surface area contributed by atoms with Crippen molar-refractivity contribution in [3.05, 3.63) is 0 Å². The molecule has 31 heavy (non-hydrogen) atoms. The van der Waals surface area contributed by atoms with Crippen LogP contribution in [-0.2, 0) is 14.3 Å². The maximum absolute atomic E-state index is 12.0. The van der Waals surface area contributed by atoms with Gasteiger partial charge in [-0.3, -0.25) is 4.79 Å². The fraction of sp³-hybridized carbons (Fsp3) is 0.864. The lowest BCUT2D eigenvalue weighted by Crippen LogP contribution is -2.52. The van der Waals surface area contributed by atoms with Crippen molar-refractivity contribution in [1.29, 1.82) is 0 Å². The van der Waals surface area contributed by atoms with E-state index in [1.54, 1.807) is 23.9 Å². The molecule has 9 nitrogen and oxygen atoms in total. The molecule has 2 N–H and O–H groups in total. The standard InChI is InChI=1S/C22H41N5O4/c1-6-30-22(29)27-13-11-18(12-14-27)25-21(23-15-20(28)26(4)5)24-17-7-9-19(10-8-17)31-16(2)3/h16-19H,6-15H2,1-5H3,(H2,23,24,25). The Morgan fingerprint density at radius 3 is 2.13 bits per heavy atom. The van der Waals surface area contributed by atoms with Crippen LogP contribution >= 0.6 is 0 Å². The molecule has 0 aromatic heterocycles. The number of hydrogen-bond donors (Lipinski definition) is 2. The zero-order valence-electron chi connectivity index (χ0n) is 19.9. The summed E-state index contributed by atoms with van der Waals surface area (Å²) >= 11 is 0. The van der Waals surface area contributed by atoms with E-state index in [1.165, 1.54) is 0 Å². The first-order valence-electron chi connectivity index (χ1n) is 11.6. The van der Waals surface area contributed by atoms with E-state index in [0.717, 1.165) is 38.5 Å². The van der Waals surface area contributed by atoms with Gasteiger partial charge in [0.15, 0.2) is 5.96 Å². The molecule has 0 aromatic carbocycles. The van der Waals surface area contributed by atoms with Crippen LogP contribution in [0.15, 0.2) is 4.99 Å². The van der Waals surface area contributed by atoms with Crippen molar-refractivity contribution < 1.29 is 19.1 Å². The molecule has 1 saturated carbocycles. The highest BCUT2D eigenvalue weighted by Gasteiger charge is 2.26. The lowest BCUT2D eigenvalue weighted by molar-refractivity contribution is -0.127. The molecule has 1 heterocycles. The molecule has 9 heteroatoms. The predicted molar refractivity (Wildman–Crippen MR) is 121 cm³/mol. The minimum absolute atomic E-state index is 0.0349. The summed E-state index contributed by atoms with van der Waals surface area (Å²) < 4.78 is 11.0. The van der Waals surface area contributed by atoms with E-state index in [1.807, 2.05) is 6.92 Å². The highest BCUT2D eigenvalue weighted by atomic mass is 16.6. The third-order valence-corrected chi connectivity index (χ3v) is 5.71. The van der Waals surface area contributed by atoms with E-state index in [9.17, 15) is 9.59 Å². The van der Waals surface area contributed by atoms with E-state index >= 15 is 0 Å². The summed E-state index contributed by atoms with van der Waals surface area (Å²) in [5.74, 6) is 0.644. The van der Waals surface area contributed by atoms with Gasteiger partial charge in [-0.15, -0.1) is 0 Å². The van der Waals surface area contributed by atoms with Gasteiger partial charge in [0.25, 0.3) is 0 Å². The number of likely N-dealkylation sites (N-methyl/N-ethyl adjacent to an activating group) is 1.